The van der Waals surface area contributed by atoms with E-state index in [2.05, 4.69) is 10.5 Å². The number of thioether (sulfide) groups is 1. The molecular formula is C22H20N2O2S. The molecule has 1 atom stereocenters. The Morgan fingerprint density at radius 1 is 0.963 bits per heavy atom. The summed E-state index contributed by atoms with van der Waals surface area (Å²) in [6, 6.07) is 26.9. The second-order valence-electron chi connectivity index (χ2n) is 5.79. The Bertz CT molecular complexity index is 898. The number of ether oxygens (including phenoxy) is 1. The van der Waals surface area contributed by atoms with Crippen molar-refractivity contribution in [2.75, 3.05) is 0 Å². The Labute approximate surface area is 163 Å². The number of para-hydroxylation sites is 1. The minimum atomic E-state index is -0.239. The lowest BCUT2D eigenvalue weighted by Crippen LogP contribution is -2.26. The number of hydrogen-bond acceptors (Lipinski definition) is 4. The van der Waals surface area contributed by atoms with E-state index in [0.717, 1.165) is 16.2 Å². The molecule has 1 unspecified atom stereocenters. The zero-order chi connectivity index (χ0) is 18.9. The molecule has 0 aliphatic rings. The summed E-state index contributed by atoms with van der Waals surface area (Å²) in [5.41, 5.74) is 3.43. The van der Waals surface area contributed by atoms with E-state index in [1.807, 2.05) is 91.9 Å². The molecule has 4 nitrogen and oxygen atoms in total. The summed E-state index contributed by atoms with van der Waals surface area (Å²) >= 11 is 1.50. The van der Waals surface area contributed by atoms with Crippen LogP contribution in [-0.2, 0) is 4.79 Å². The molecule has 0 aliphatic heterocycles. The molecule has 0 bridgehead atoms. The topological polar surface area (TPSA) is 50.7 Å². The van der Waals surface area contributed by atoms with Gasteiger partial charge in [0.2, 0.25) is 0 Å². The summed E-state index contributed by atoms with van der Waals surface area (Å²) in [7, 11) is 0. The largest absolute Gasteiger partial charge is 0.457 e. The first-order chi connectivity index (χ1) is 13.2. The van der Waals surface area contributed by atoms with Gasteiger partial charge in [0, 0.05) is 4.90 Å². The van der Waals surface area contributed by atoms with Crippen LogP contribution in [0.4, 0.5) is 0 Å². The van der Waals surface area contributed by atoms with Gasteiger partial charge >= 0.3 is 0 Å². The molecule has 0 fully saturated rings. The standard InChI is InChI=1S/C22H20N2O2S/c1-17(27-21-13-6-3-7-14-21)22(25)24-23-16-18-9-8-12-20(15-18)26-19-10-4-2-5-11-19/h2-17H,1H3,(H,24,25)/b23-16+. The Kier molecular flexibility index (Phi) is 6.66. The number of hydrazone groups is 1. The number of hydrogen-bond donors (Lipinski definition) is 1. The Hall–Kier alpha value is -3.05. The van der Waals surface area contributed by atoms with Crippen LogP contribution in [-0.4, -0.2) is 17.4 Å². The summed E-state index contributed by atoms with van der Waals surface area (Å²) in [5.74, 6) is 1.34. The van der Waals surface area contributed by atoms with Gasteiger partial charge in [-0.1, -0.05) is 48.5 Å². The molecule has 0 aliphatic carbocycles. The minimum absolute atomic E-state index is 0.142. The van der Waals surface area contributed by atoms with Gasteiger partial charge in [-0.3, -0.25) is 4.79 Å². The Morgan fingerprint density at radius 3 is 2.37 bits per heavy atom. The molecule has 1 amide bonds. The van der Waals surface area contributed by atoms with Gasteiger partial charge in [0.25, 0.3) is 5.91 Å². The number of nitrogens with zero attached hydrogens (tertiary/aromatic N) is 1. The van der Waals surface area contributed by atoms with Gasteiger partial charge in [-0.05, 0) is 48.9 Å². The van der Waals surface area contributed by atoms with E-state index in [1.165, 1.54) is 11.8 Å². The normalized spacial score (nSPS) is 11.9. The lowest BCUT2D eigenvalue weighted by Gasteiger charge is -2.09. The minimum Gasteiger partial charge on any atom is -0.457 e. The molecule has 0 heterocycles. The molecule has 1 N–H and O–H groups in total. The predicted molar refractivity (Wildman–Crippen MR) is 110 cm³/mol. The van der Waals surface area contributed by atoms with Gasteiger partial charge in [0.15, 0.2) is 0 Å². The van der Waals surface area contributed by atoms with Crippen molar-refractivity contribution in [2.45, 2.75) is 17.1 Å². The lowest BCUT2D eigenvalue weighted by atomic mass is 10.2. The van der Waals surface area contributed by atoms with Crippen molar-refractivity contribution in [1.29, 1.82) is 0 Å². The van der Waals surface area contributed by atoms with Crippen LogP contribution < -0.4 is 10.2 Å². The van der Waals surface area contributed by atoms with Crippen molar-refractivity contribution < 1.29 is 9.53 Å². The van der Waals surface area contributed by atoms with E-state index < -0.39 is 0 Å². The third-order valence-electron chi connectivity index (χ3n) is 3.65. The van der Waals surface area contributed by atoms with Crippen molar-refractivity contribution in [2.24, 2.45) is 5.10 Å². The van der Waals surface area contributed by atoms with Gasteiger partial charge in [0.05, 0.1) is 11.5 Å². The maximum atomic E-state index is 12.2. The van der Waals surface area contributed by atoms with Crippen LogP contribution in [0.25, 0.3) is 0 Å². The second-order valence-corrected chi connectivity index (χ2v) is 7.21. The number of carbonyl (C=O) groups excluding carboxylic acids is 1. The Balaban J connectivity index is 1.54. The number of amides is 1. The summed E-state index contributed by atoms with van der Waals surface area (Å²) in [4.78, 5) is 13.2. The fourth-order valence-corrected chi connectivity index (χ4v) is 3.18. The summed E-state index contributed by atoms with van der Waals surface area (Å²) < 4.78 is 5.80. The van der Waals surface area contributed by atoms with Crippen LogP contribution in [0.1, 0.15) is 12.5 Å². The number of carbonyl (C=O) groups is 1. The molecule has 136 valence electrons. The molecule has 0 saturated heterocycles. The maximum absolute atomic E-state index is 12.2. The highest BCUT2D eigenvalue weighted by Gasteiger charge is 2.13. The predicted octanol–water partition coefficient (Wildman–Crippen LogP) is 5.11. The number of rotatable bonds is 7. The SMILES string of the molecule is CC(Sc1ccccc1)C(=O)N/N=C/c1cccc(Oc2ccccc2)c1. The van der Waals surface area contributed by atoms with E-state index in [4.69, 9.17) is 4.74 Å². The molecule has 3 aromatic rings. The fraction of sp³-hybridized carbons (Fsp3) is 0.0909. The molecule has 3 rings (SSSR count). The average molecular weight is 376 g/mol. The van der Waals surface area contributed by atoms with Gasteiger partial charge in [-0.15, -0.1) is 11.8 Å². The first-order valence-corrected chi connectivity index (χ1v) is 9.46. The van der Waals surface area contributed by atoms with Gasteiger partial charge in [-0.25, -0.2) is 5.43 Å². The highest BCUT2D eigenvalue weighted by atomic mass is 32.2. The second kappa shape index (κ2) is 9.59. The highest BCUT2D eigenvalue weighted by molar-refractivity contribution is 8.00. The average Bonchev–Trinajstić information content (AvgIpc) is 2.70. The lowest BCUT2D eigenvalue weighted by molar-refractivity contribution is -0.120. The fourth-order valence-electron chi connectivity index (χ4n) is 2.30. The molecule has 27 heavy (non-hydrogen) atoms. The van der Waals surface area contributed by atoms with E-state index in [9.17, 15) is 4.79 Å². The van der Waals surface area contributed by atoms with Crippen molar-refractivity contribution in [1.82, 2.24) is 5.43 Å². The summed E-state index contributed by atoms with van der Waals surface area (Å²) in [6.07, 6.45) is 1.61. The zero-order valence-electron chi connectivity index (χ0n) is 14.9. The van der Waals surface area contributed by atoms with Gasteiger partial charge < -0.3 is 4.74 Å². The van der Waals surface area contributed by atoms with Crippen LogP contribution >= 0.6 is 11.8 Å². The Morgan fingerprint density at radius 2 is 1.63 bits per heavy atom. The van der Waals surface area contributed by atoms with Gasteiger partial charge in [0.1, 0.15) is 11.5 Å². The summed E-state index contributed by atoms with van der Waals surface area (Å²) in [6.45, 7) is 1.86. The van der Waals surface area contributed by atoms with E-state index >= 15 is 0 Å². The zero-order valence-corrected chi connectivity index (χ0v) is 15.7. The number of nitrogens with one attached hydrogen (secondary N) is 1. The van der Waals surface area contributed by atoms with E-state index in [1.54, 1.807) is 6.21 Å². The van der Waals surface area contributed by atoms with Crippen molar-refractivity contribution in [3.05, 3.63) is 90.5 Å². The van der Waals surface area contributed by atoms with Crippen LogP contribution in [0, 0.1) is 0 Å². The van der Waals surface area contributed by atoms with Crippen molar-refractivity contribution in [3.63, 3.8) is 0 Å². The van der Waals surface area contributed by atoms with E-state index in [0.29, 0.717) is 5.75 Å². The van der Waals surface area contributed by atoms with Crippen LogP contribution in [0.3, 0.4) is 0 Å². The van der Waals surface area contributed by atoms with Crippen LogP contribution in [0.15, 0.2) is 94.9 Å². The van der Waals surface area contributed by atoms with Gasteiger partial charge in [-0.2, -0.15) is 5.10 Å². The number of benzene rings is 3. The molecule has 0 aromatic heterocycles. The van der Waals surface area contributed by atoms with E-state index in [-0.39, 0.29) is 11.2 Å². The van der Waals surface area contributed by atoms with Crippen LogP contribution in [0.2, 0.25) is 0 Å². The quantitative estimate of drug-likeness (QED) is 0.354. The third kappa shape index (κ3) is 6.01. The molecule has 0 spiro atoms. The first kappa shape index (κ1) is 18.7. The molecular weight excluding hydrogens is 356 g/mol. The first-order valence-electron chi connectivity index (χ1n) is 8.58. The molecule has 5 heteroatoms. The van der Waals surface area contributed by atoms with Crippen molar-refractivity contribution in [3.8, 4) is 11.5 Å². The smallest absolute Gasteiger partial charge is 0.253 e. The monoisotopic (exact) mass is 376 g/mol. The molecule has 0 saturated carbocycles. The third-order valence-corrected chi connectivity index (χ3v) is 4.76. The van der Waals surface area contributed by atoms with Crippen molar-refractivity contribution >= 4 is 23.9 Å². The summed E-state index contributed by atoms with van der Waals surface area (Å²) in [5, 5.41) is 3.82. The maximum Gasteiger partial charge on any atom is 0.253 e. The molecule has 3 aromatic carbocycles. The highest BCUT2D eigenvalue weighted by Crippen LogP contribution is 2.23. The molecule has 0 radical (unpaired) electrons. The van der Waals surface area contributed by atoms with Crippen LogP contribution in [0.5, 0.6) is 11.5 Å².